The van der Waals surface area contributed by atoms with Crippen LogP contribution >= 0.6 is 11.6 Å². The highest BCUT2D eigenvalue weighted by molar-refractivity contribution is 6.30. The first-order chi connectivity index (χ1) is 14.0. The van der Waals surface area contributed by atoms with Crippen molar-refractivity contribution in [3.63, 3.8) is 0 Å². The fourth-order valence-corrected chi connectivity index (χ4v) is 4.38. The normalized spacial score (nSPS) is 23.8. The van der Waals surface area contributed by atoms with Crippen molar-refractivity contribution in [3.8, 4) is 5.75 Å². The summed E-state index contributed by atoms with van der Waals surface area (Å²) < 4.78 is 5.74. The summed E-state index contributed by atoms with van der Waals surface area (Å²) in [6, 6.07) is 13.5. The molecule has 2 fully saturated rings. The topological polar surface area (TPSA) is 63.7 Å². The van der Waals surface area contributed by atoms with Crippen LogP contribution in [0.5, 0.6) is 5.75 Å². The molecule has 2 aromatic carbocycles. The third-order valence-electron chi connectivity index (χ3n) is 5.82. The van der Waals surface area contributed by atoms with Gasteiger partial charge in [-0.05, 0) is 61.6 Å². The third kappa shape index (κ3) is 3.79. The Bertz CT molecular complexity index is 956. The van der Waals surface area contributed by atoms with Gasteiger partial charge in [-0.25, -0.2) is 4.90 Å². The predicted octanol–water partition coefficient (Wildman–Crippen LogP) is 4.53. The van der Waals surface area contributed by atoms with E-state index in [4.69, 9.17) is 16.3 Å². The fraction of sp³-hybridized carbons (Fsp3) is 0.348. The van der Waals surface area contributed by atoms with Gasteiger partial charge in [-0.15, -0.1) is 0 Å². The average molecular weight is 412 g/mol. The second-order valence-electron chi connectivity index (χ2n) is 7.83. The van der Waals surface area contributed by atoms with Crippen molar-refractivity contribution in [2.75, 3.05) is 11.5 Å². The number of rotatable bonds is 5. The molecule has 150 valence electrons. The van der Waals surface area contributed by atoms with Gasteiger partial charge in [-0.1, -0.05) is 30.7 Å². The number of nitrogens with zero attached hydrogens (tertiary/aromatic N) is 1. The summed E-state index contributed by atoms with van der Waals surface area (Å²) in [4.78, 5) is 39.7. The third-order valence-corrected chi connectivity index (χ3v) is 6.07. The second kappa shape index (κ2) is 7.99. The van der Waals surface area contributed by atoms with E-state index in [-0.39, 0.29) is 36.0 Å². The molecule has 1 aliphatic carbocycles. The highest BCUT2D eigenvalue weighted by Crippen LogP contribution is 2.44. The van der Waals surface area contributed by atoms with Crippen LogP contribution < -0.4 is 9.64 Å². The first-order valence-electron chi connectivity index (χ1n) is 9.84. The Morgan fingerprint density at radius 2 is 1.72 bits per heavy atom. The van der Waals surface area contributed by atoms with E-state index >= 15 is 0 Å². The van der Waals surface area contributed by atoms with Gasteiger partial charge in [0, 0.05) is 10.6 Å². The van der Waals surface area contributed by atoms with Crippen molar-refractivity contribution >= 4 is 34.9 Å². The minimum absolute atomic E-state index is 0.160. The molecule has 3 atom stereocenters. The number of para-hydroxylation sites is 2. The summed E-state index contributed by atoms with van der Waals surface area (Å²) >= 11 is 5.86. The lowest BCUT2D eigenvalue weighted by Gasteiger charge is -2.25. The maximum Gasteiger partial charge on any atom is 0.237 e. The zero-order valence-electron chi connectivity index (χ0n) is 16.1. The quantitative estimate of drug-likeness (QED) is 0.535. The van der Waals surface area contributed by atoms with Crippen molar-refractivity contribution < 1.29 is 19.1 Å². The number of anilines is 1. The molecular formula is C23H22ClNO4. The van der Waals surface area contributed by atoms with Gasteiger partial charge in [0.15, 0.2) is 12.4 Å². The summed E-state index contributed by atoms with van der Waals surface area (Å²) in [5.74, 6) is -0.242. The maximum absolute atomic E-state index is 13.0. The van der Waals surface area contributed by atoms with E-state index in [9.17, 15) is 14.4 Å². The van der Waals surface area contributed by atoms with E-state index in [1.807, 2.05) is 0 Å². The van der Waals surface area contributed by atoms with Gasteiger partial charge >= 0.3 is 0 Å². The summed E-state index contributed by atoms with van der Waals surface area (Å²) in [6.45, 7) is 1.93. The van der Waals surface area contributed by atoms with Gasteiger partial charge in [0.2, 0.25) is 11.8 Å². The first-order valence-corrected chi connectivity index (χ1v) is 10.2. The Hall–Kier alpha value is -2.66. The summed E-state index contributed by atoms with van der Waals surface area (Å²) in [5, 5.41) is 0.551. The monoisotopic (exact) mass is 411 g/mol. The van der Waals surface area contributed by atoms with Crippen molar-refractivity contribution in [1.29, 1.82) is 0 Å². The highest BCUT2D eigenvalue weighted by Gasteiger charge is 2.50. The SMILES string of the molecule is C[C@@H]1CC[C@H]2C(=O)N(c3ccccc3OCC(=O)c3ccc(Cl)cc3)C(=O)[C@H]2C1. The lowest BCUT2D eigenvalue weighted by atomic mass is 9.76. The number of carbonyl (C=O) groups excluding carboxylic acids is 3. The lowest BCUT2D eigenvalue weighted by Crippen LogP contribution is -2.31. The number of amides is 2. The van der Waals surface area contributed by atoms with Crippen molar-refractivity contribution in [3.05, 3.63) is 59.1 Å². The van der Waals surface area contributed by atoms with Gasteiger partial charge in [-0.3, -0.25) is 14.4 Å². The fourth-order valence-electron chi connectivity index (χ4n) is 4.25. The summed E-state index contributed by atoms with van der Waals surface area (Å²) in [5.41, 5.74) is 0.897. The number of hydrogen-bond acceptors (Lipinski definition) is 4. The van der Waals surface area contributed by atoms with Crippen LogP contribution in [0.15, 0.2) is 48.5 Å². The number of ketones is 1. The van der Waals surface area contributed by atoms with Crippen LogP contribution in [0.2, 0.25) is 5.02 Å². The van der Waals surface area contributed by atoms with E-state index in [1.54, 1.807) is 48.5 Å². The Morgan fingerprint density at radius 1 is 1.03 bits per heavy atom. The Kier molecular flexibility index (Phi) is 5.41. The minimum atomic E-state index is -0.255. The number of hydrogen-bond donors (Lipinski definition) is 0. The first kappa shape index (κ1) is 19.6. The number of imide groups is 1. The van der Waals surface area contributed by atoms with Crippen LogP contribution in [0, 0.1) is 17.8 Å². The van der Waals surface area contributed by atoms with Crippen molar-refractivity contribution in [1.82, 2.24) is 0 Å². The molecule has 1 saturated carbocycles. The Balaban J connectivity index is 1.54. The van der Waals surface area contributed by atoms with Crippen LogP contribution in [0.3, 0.4) is 0 Å². The molecule has 0 radical (unpaired) electrons. The number of carbonyl (C=O) groups is 3. The second-order valence-corrected chi connectivity index (χ2v) is 8.27. The molecule has 0 bridgehead atoms. The molecule has 2 amide bonds. The molecule has 29 heavy (non-hydrogen) atoms. The highest BCUT2D eigenvalue weighted by atomic mass is 35.5. The van der Waals surface area contributed by atoms with E-state index in [2.05, 4.69) is 6.92 Å². The van der Waals surface area contributed by atoms with E-state index < -0.39 is 0 Å². The van der Waals surface area contributed by atoms with Crippen LogP contribution in [-0.2, 0) is 9.59 Å². The van der Waals surface area contributed by atoms with E-state index in [0.29, 0.717) is 27.9 Å². The van der Waals surface area contributed by atoms with Crippen LogP contribution in [0.4, 0.5) is 5.69 Å². The zero-order chi connectivity index (χ0) is 20.5. The number of Topliss-reactive ketones (excluding diaryl/α,β-unsaturated/α-hetero) is 1. The average Bonchev–Trinajstić information content (AvgIpc) is 2.96. The standard InChI is InChI=1S/C23H22ClNO4/c1-14-6-11-17-18(12-14)23(28)25(22(17)27)19-4-2-3-5-21(19)29-13-20(26)15-7-9-16(24)10-8-15/h2-5,7-10,14,17-18H,6,11-13H2,1H3/t14-,17-,18+/m1/s1. The molecule has 2 aromatic rings. The number of ether oxygens (including phenoxy) is 1. The molecule has 0 spiro atoms. The minimum Gasteiger partial charge on any atom is -0.483 e. The summed E-state index contributed by atoms with van der Waals surface area (Å²) in [6.07, 6.45) is 2.44. The molecule has 0 N–H and O–H groups in total. The smallest absolute Gasteiger partial charge is 0.237 e. The molecule has 1 heterocycles. The van der Waals surface area contributed by atoms with Crippen molar-refractivity contribution in [2.24, 2.45) is 17.8 Å². The van der Waals surface area contributed by atoms with Crippen LogP contribution in [-0.4, -0.2) is 24.2 Å². The van der Waals surface area contributed by atoms with Crippen LogP contribution in [0.1, 0.15) is 36.5 Å². The molecule has 0 unspecified atom stereocenters. The van der Waals surface area contributed by atoms with E-state index in [0.717, 1.165) is 19.3 Å². The molecule has 4 rings (SSSR count). The molecule has 1 saturated heterocycles. The predicted molar refractivity (Wildman–Crippen MR) is 110 cm³/mol. The van der Waals surface area contributed by atoms with Crippen LogP contribution in [0.25, 0.3) is 0 Å². The van der Waals surface area contributed by atoms with Gasteiger partial charge in [-0.2, -0.15) is 0 Å². The number of halogens is 1. The van der Waals surface area contributed by atoms with Gasteiger partial charge in [0.05, 0.1) is 17.5 Å². The molecule has 0 aromatic heterocycles. The molecule has 2 aliphatic rings. The maximum atomic E-state index is 13.0. The van der Waals surface area contributed by atoms with Gasteiger partial charge in [0.25, 0.3) is 0 Å². The largest absolute Gasteiger partial charge is 0.483 e. The summed E-state index contributed by atoms with van der Waals surface area (Å²) in [7, 11) is 0. The lowest BCUT2D eigenvalue weighted by molar-refractivity contribution is -0.122. The van der Waals surface area contributed by atoms with Gasteiger partial charge < -0.3 is 4.74 Å². The molecular weight excluding hydrogens is 390 g/mol. The molecule has 5 nitrogen and oxygen atoms in total. The number of fused-ring (bicyclic) bond motifs is 1. The molecule has 1 aliphatic heterocycles. The zero-order valence-corrected chi connectivity index (χ0v) is 16.9. The van der Waals surface area contributed by atoms with E-state index in [1.165, 1.54) is 4.90 Å². The Morgan fingerprint density at radius 3 is 2.48 bits per heavy atom. The number of benzene rings is 2. The van der Waals surface area contributed by atoms with Crippen molar-refractivity contribution in [2.45, 2.75) is 26.2 Å². The Labute approximate surface area is 174 Å². The molecule has 6 heteroatoms. The van der Waals surface area contributed by atoms with Gasteiger partial charge in [0.1, 0.15) is 5.75 Å².